The SMILES string of the molecule is COc1ccccc1Nc1cc(Nc2cccc(Cl)c2Cl)nc(C)n1. The highest BCUT2D eigenvalue weighted by Crippen LogP contribution is 2.32. The molecule has 0 aliphatic carbocycles. The normalized spacial score (nSPS) is 10.4. The maximum absolute atomic E-state index is 6.22. The molecule has 0 aliphatic heterocycles. The number of hydrogen-bond donors (Lipinski definition) is 2. The summed E-state index contributed by atoms with van der Waals surface area (Å²) in [6.07, 6.45) is 0. The molecule has 0 atom stereocenters. The van der Waals surface area contributed by atoms with E-state index in [0.717, 1.165) is 11.4 Å². The lowest BCUT2D eigenvalue weighted by molar-refractivity contribution is 0.417. The number of aromatic nitrogens is 2. The molecule has 0 saturated carbocycles. The van der Waals surface area contributed by atoms with E-state index >= 15 is 0 Å². The Labute approximate surface area is 156 Å². The molecule has 0 saturated heterocycles. The summed E-state index contributed by atoms with van der Waals surface area (Å²) in [5.41, 5.74) is 1.49. The van der Waals surface area contributed by atoms with Crippen LogP contribution in [0.5, 0.6) is 5.75 Å². The number of hydrogen-bond acceptors (Lipinski definition) is 5. The van der Waals surface area contributed by atoms with Crippen LogP contribution in [0.1, 0.15) is 5.82 Å². The molecule has 2 N–H and O–H groups in total. The van der Waals surface area contributed by atoms with Crippen molar-refractivity contribution in [2.75, 3.05) is 17.7 Å². The fourth-order valence-electron chi connectivity index (χ4n) is 2.32. The second-order valence-electron chi connectivity index (χ2n) is 5.24. The molecule has 1 aromatic heterocycles. The molecule has 7 heteroatoms. The number of nitrogens with one attached hydrogen (secondary N) is 2. The maximum Gasteiger partial charge on any atom is 0.142 e. The van der Waals surface area contributed by atoms with E-state index in [0.29, 0.717) is 33.2 Å². The van der Waals surface area contributed by atoms with Crippen LogP contribution in [-0.4, -0.2) is 17.1 Å². The first-order chi connectivity index (χ1) is 12.1. The molecule has 0 unspecified atom stereocenters. The van der Waals surface area contributed by atoms with Crippen LogP contribution in [0.2, 0.25) is 10.0 Å². The van der Waals surface area contributed by atoms with Crippen LogP contribution in [0.3, 0.4) is 0 Å². The van der Waals surface area contributed by atoms with E-state index < -0.39 is 0 Å². The van der Waals surface area contributed by atoms with Crippen molar-refractivity contribution in [1.82, 2.24) is 9.97 Å². The van der Waals surface area contributed by atoms with Crippen LogP contribution in [0.25, 0.3) is 0 Å². The molecule has 1 heterocycles. The highest BCUT2D eigenvalue weighted by molar-refractivity contribution is 6.43. The predicted molar refractivity (Wildman–Crippen MR) is 103 cm³/mol. The lowest BCUT2D eigenvalue weighted by atomic mass is 10.3. The van der Waals surface area contributed by atoms with Crippen molar-refractivity contribution in [2.45, 2.75) is 6.92 Å². The van der Waals surface area contributed by atoms with Gasteiger partial charge < -0.3 is 15.4 Å². The van der Waals surface area contributed by atoms with Crippen LogP contribution in [0.15, 0.2) is 48.5 Å². The van der Waals surface area contributed by atoms with Gasteiger partial charge in [0.2, 0.25) is 0 Å². The van der Waals surface area contributed by atoms with Crippen molar-refractivity contribution >= 4 is 46.2 Å². The molecule has 0 spiro atoms. The molecule has 2 aromatic carbocycles. The lowest BCUT2D eigenvalue weighted by Gasteiger charge is -2.13. The second kappa shape index (κ2) is 7.59. The van der Waals surface area contributed by atoms with E-state index in [2.05, 4.69) is 20.6 Å². The molecule has 0 fully saturated rings. The van der Waals surface area contributed by atoms with Crippen molar-refractivity contribution in [1.29, 1.82) is 0 Å². The summed E-state index contributed by atoms with van der Waals surface area (Å²) >= 11 is 12.3. The standard InChI is InChI=1S/C18H16Cl2N4O/c1-11-21-16(23-13-7-3-4-9-15(13)25-2)10-17(22-11)24-14-8-5-6-12(19)18(14)20/h3-10H,1-2H3,(H2,21,22,23,24). The minimum absolute atomic E-state index is 0.444. The number of anilines is 4. The Morgan fingerprint density at radius 1 is 0.880 bits per heavy atom. The summed E-state index contributed by atoms with van der Waals surface area (Å²) in [6.45, 7) is 1.82. The van der Waals surface area contributed by atoms with Gasteiger partial charge in [-0.3, -0.25) is 0 Å². The molecule has 0 amide bonds. The van der Waals surface area contributed by atoms with Gasteiger partial charge in [-0.25, -0.2) is 9.97 Å². The number of halogens is 2. The second-order valence-corrected chi connectivity index (χ2v) is 6.02. The molecule has 0 bridgehead atoms. The van der Waals surface area contributed by atoms with Gasteiger partial charge in [0.15, 0.2) is 0 Å². The number of methoxy groups -OCH3 is 1. The van der Waals surface area contributed by atoms with E-state index in [9.17, 15) is 0 Å². The fraction of sp³-hybridized carbons (Fsp3) is 0.111. The Hall–Kier alpha value is -2.50. The van der Waals surface area contributed by atoms with Gasteiger partial charge in [0.05, 0.1) is 28.5 Å². The Morgan fingerprint density at radius 2 is 1.52 bits per heavy atom. The average Bonchev–Trinajstić information content (AvgIpc) is 2.59. The summed E-state index contributed by atoms with van der Waals surface area (Å²) in [7, 11) is 1.62. The minimum atomic E-state index is 0.444. The smallest absolute Gasteiger partial charge is 0.142 e. The highest BCUT2D eigenvalue weighted by atomic mass is 35.5. The Balaban J connectivity index is 1.89. The first-order valence-corrected chi connectivity index (χ1v) is 8.29. The van der Waals surface area contributed by atoms with Crippen LogP contribution < -0.4 is 15.4 Å². The Morgan fingerprint density at radius 3 is 2.24 bits per heavy atom. The number of ether oxygens (including phenoxy) is 1. The molecular weight excluding hydrogens is 359 g/mol. The number of para-hydroxylation sites is 2. The summed E-state index contributed by atoms with van der Waals surface area (Å²) in [4.78, 5) is 8.80. The van der Waals surface area contributed by atoms with E-state index in [1.54, 1.807) is 19.2 Å². The maximum atomic E-state index is 6.22. The molecule has 0 aliphatic rings. The van der Waals surface area contributed by atoms with Gasteiger partial charge in [0, 0.05) is 6.07 Å². The van der Waals surface area contributed by atoms with Gasteiger partial charge in [-0.1, -0.05) is 41.4 Å². The van der Waals surface area contributed by atoms with E-state index in [4.69, 9.17) is 27.9 Å². The van der Waals surface area contributed by atoms with Crippen LogP contribution in [-0.2, 0) is 0 Å². The average molecular weight is 375 g/mol. The number of benzene rings is 2. The number of rotatable bonds is 5. The topological polar surface area (TPSA) is 59.1 Å². The molecule has 128 valence electrons. The molecule has 5 nitrogen and oxygen atoms in total. The fourth-order valence-corrected chi connectivity index (χ4v) is 2.67. The monoisotopic (exact) mass is 374 g/mol. The van der Waals surface area contributed by atoms with Crippen LogP contribution in [0, 0.1) is 6.92 Å². The first kappa shape index (κ1) is 17.3. The van der Waals surface area contributed by atoms with Crippen molar-refractivity contribution in [2.24, 2.45) is 0 Å². The van der Waals surface area contributed by atoms with E-state index in [-0.39, 0.29) is 0 Å². The zero-order valence-corrected chi connectivity index (χ0v) is 15.2. The van der Waals surface area contributed by atoms with Crippen LogP contribution in [0.4, 0.5) is 23.0 Å². The number of aryl methyl sites for hydroxylation is 1. The quantitative estimate of drug-likeness (QED) is 0.609. The van der Waals surface area contributed by atoms with E-state index in [1.807, 2.05) is 43.3 Å². The zero-order chi connectivity index (χ0) is 17.8. The van der Waals surface area contributed by atoms with Gasteiger partial charge in [0.25, 0.3) is 0 Å². The molecule has 3 rings (SSSR count). The zero-order valence-electron chi connectivity index (χ0n) is 13.7. The Kier molecular flexibility index (Phi) is 5.26. The van der Waals surface area contributed by atoms with Crippen molar-refractivity contribution in [3.8, 4) is 5.75 Å². The van der Waals surface area contributed by atoms with Gasteiger partial charge in [-0.2, -0.15) is 0 Å². The summed E-state index contributed by atoms with van der Waals surface area (Å²) in [6, 6.07) is 14.8. The van der Waals surface area contributed by atoms with Gasteiger partial charge in [-0.15, -0.1) is 0 Å². The molecular formula is C18H16Cl2N4O. The highest BCUT2D eigenvalue weighted by Gasteiger charge is 2.09. The van der Waals surface area contributed by atoms with E-state index in [1.165, 1.54) is 0 Å². The molecule has 0 radical (unpaired) electrons. The summed E-state index contributed by atoms with van der Waals surface area (Å²) in [5.74, 6) is 2.58. The number of nitrogens with zero attached hydrogens (tertiary/aromatic N) is 2. The third kappa shape index (κ3) is 4.13. The predicted octanol–water partition coefficient (Wildman–Crippen LogP) is 5.59. The largest absolute Gasteiger partial charge is 0.495 e. The van der Waals surface area contributed by atoms with Crippen molar-refractivity contribution in [3.05, 3.63) is 64.4 Å². The van der Waals surface area contributed by atoms with Gasteiger partial charge in [-0.05, 0) is 31.2 Å². The summed E-state index contributed by atoms with van der Waals surface area (Å²) < 4.78 is 5.35. The lowest BCUT2D eigenvalue weighted by Crippen LogP contribution is -2.02. The third-order valence-corrected chi connectivity index (χ3v) is 4.24. The van der Waals surface area contributed by atoms with Crippen molar-refractivity contribution in [3.63, 3.8) is 0 Å². The minimum Gasteiger partial charge on any atom is -0.495 e. The molecule has 3 aromatic rings. The Bertz CT molecular complexity index is 902. The summed E-state index contributed by atoms with van der Waals surface area (Å²) in [5, 5.41) is 7.33. The van der Waals surface area contributed by atoms with Crippen molar-refractivity contribution < 1.29 is 4.74 Å². The van der Waals surface area contributed by atoms with Gasteiger partial charge in [0.1, 0.15) is 23.2 Å². The van der Waals surface area contributed by atoms with Crippen LogP contribution >= 0.6 is 23.2 Å². The molecule has 25 heavy (non-hydrogen) atoms. The van der Waals surface area contributed by atoms with Gasteiger partial charge >= 0.3 is 0 Å². The first-order valence-electron chi connectivity index (χ1n) is 7.53. The third-order valence-electron chi connectivity index (χ3n) is 3.42.